The number of rotatable bonds is 8. The Morgan fingerprint density at radius 1 is 1.11 bits per heavy atom. The van der Waals surface area contributed by atoms with E-state index in [1.54, 1.807) is 17.5 Å². The number of aromatic nitrogens is 3. The fourth-order valence-electron chi connectivity index (χ4n) is 3.26. The van der Waals surface area contributed by atoms with Crippen molar-refractivity contribution in [2.24, 2.45) is 0 Å². The normalized spacial score (nSPS) is 11.1. The highest BCUT2D eigenvalue weighted by molar-refractivity contribution is 7.17. The monoisotopic (exact) mass is 378 g/mol. The minimum Gasteiger partial charge on any atom is -0.351 e. The van der Waals surface area contributed by atoms with Gasteiger partial charge >= 0.3 is 0 Å². The molecule has 138 valence electrons. The molecule has 1 amide bonds. The lowest BCUT2D eigenvalue weighted by Gasteiger charge is -2.11. The third-order valence-corrected chi connectivity index (χ3v) is 5.48. The summed E-state index contributed by atoms with van der Waals surface area (Å²) in [5.74, 6) is -0.00748. The topological polar surface area (TPSA) is 51.9 Å². The van der Waals surface area contributed by atoms with E-state index in [0.717, 1.165) is 41.8 Å². The Bertz CT molecular complexity index is 1000. The molecule has 5 nitrogen and oxygen atoms in total. The molecule has 3 heterocycles. The van der Waals surface area contributed by atoms with Crippen LogP contribution >= 0.6 is 11.3 Å². The van der Waals surface area contributed by atoms with Gasteiger partial charge in [0.1, 0.15) is 5.69 Å². The van der Waals surface area contributed by atoms with E-state index in [4.69, 9.17) is 0 Å². The van der Waals surface area contributed by atoms with Crippen LogP contribution in [-0.4, -0.2) is 26.8 Å². The van der Waals surface area contributed by atoms with Crippen molar-refractivity contribution in [3.05, 3.63) is 77.6 Å². The molecule has 0 aliphatic heterocycles. The molecule has 0 saturated carbocycles. The lowest BCUT2D eigenvalue weighted by molar-refractivity contribution is 0.0943. The molecule has 0 fully saturated rings. The van der Waals surface area contributed by atoms with Crippen LogP contribution in [0.2, 0.25) is 0 Å². The standard InChI is InChI=1S/C21H22N4OS/c26-21(22-10-4-12-24-13-5-11-23-24)19-16-20-18(9-15-27-20)25(19)14-8-17-6-2-1-3-7-17/h1-3,5-7,9,11,13,15-16H,4,8,10,12,14H2,(H,22,26). The number of benzene rings is 1. The first kappa shape index (κ1) is 17.5. The van der Waals surface area contributed by atoms with Crippen LogP contribution in [0.1, 0.15) is 22.5 Å². The van der Waals surface area contributed by atoms with Crippen LogP contribution in [0, 0.1) is 0 Å². The number of thiophene rings is 1. The molecule has 6 heteroatoms. The van der Waals surface area contributed by atoms with Gasteiger partial charge in [-0.3, -0.25) is 9.48 Å². The van der Waals surface area contributed by atoms with Crippen molar-refractivity contribution in [3.63, 3.8) is 0 Å². The summed E-state index contributed by atoms with van der Waals surface area (Å²) in [4.78, 5) is 12.8. The van der Waals surface area contributed by atoms with Crippen LogP contribution in [0.5, 0.6) is 0 Å². The zero-order valence-electron chi connectivity index (χ0n) is 15.0. The first-order valence-electron chi connectivity index (χ1n) is 9.17. The van der Waals surface area contributed by atoms with Crippen LogP contribution in [0.25, 0.3) is 10.2 Å². The fourth-order valence-corrected chi connectivity index (χ4v) is 4.08. The molecule has 1 N–H and O–H groups in total. The molecule has 0 atom stereocenters. The number of amides is 1. The van der Waals surface area contributed by atoms with Crippen molar-refractivity contribution in [3.8, 4) is 0 Å². The molecule has 0 radical (unpaired) electrons. The zero-order chi connectivity index (χ0) is 18.5. The summed E-state index contributed by atoms with van der Waals surface area (Å²) in [7, 11) is 0. The van der Waals surface area contributed by atoms with Crippen molar-refractivity contribution in [1.82, 2.24) is 19.7 Å². The molecule has 0 spiro atoms. The van der Waals surface area contributed by atoms with Crippen molar-refractivity contribution in [2.75, 3.05) is 6.54 Å². The van der Waals surface area contributed by atoms with Gasteiger partial charge in [-0.1, -0.05) is 30.3 Å². The molecule has 0 saturated heterocycles. The molecule has 1 aromatic carbocycles. The summed E-state index contributed by atoms with van der Waals surface area (Å²) in [6.45, 7) is 2.23. The Hall–Kier alpha value is -2.86. The Kier molecular flexibility index (Phi) is 5.34. The smallest absolute Gasteiger partial charge is 0.267 e. The Balaban J connectivity index is 1.42. The molecule has 4 rings (SSSR count). The Morgan fingerprint density at radius 3 is 2.81 bits per heavy atom. The Labute approximate surface area is 162 Å². The van der Waals surface area contributed by atoms with Gasteiger partial charge in [0.05, 0.1) is 10.2 Å². The van der Waals surface area contributed by atoms with E-state index in [-0.39, 0.29) is 5.91 Å². The summed E-state index contributed by atoms with van der Waals surface area (Å²) in [6.07, 6.45) is 5.46. The average molecular weight is 379 g/mol. The van der Waals surface area contributed by atoms with Gasteiger partial charge in [0.2, 0.25) is 0 Å². The van der Waals surface area contributed by atoms with Gasteiger partial charge in [0.25, 0.3) is 5.91 Å². The highest BCUT2D eigenvalue weighted by atomic mass is 32.1. The van der Waals surface area contributed by atoms with E-state index in [0.29, 0.717) is 6.54 Å². The number of fused-ring (bicyclic) bond motifs is 1. The van der Waals surface area contributed by atoms with Crippen LogP contribution in [0.4, 0.5) is 0 Å². The minimum atomic E-state index is -0.00748. The average Bonchev–Trinajstić information content (AvgIpc) is 3.42. The van der Waals surface area contributed by atoms with E-state index in [1.165, 1.54) is 5.56 Å². The molecule has 0 aliphatic rings. The van der Waals surface area contributed by atoms with E-state index in [2.05, 4.69) is 50.7 Å². The number of hydrogen-bond donors (Lipinski definition) is 1. The van der Waals surface area contributed by atoms with Crippen molar-refractivity contribution in [1.29, 1.82) is 0 Å². The van der Waals surface area contributed by atoms with Gasteiger partial charge in [0, 0.05) is 32.0 Å². The quantitative estimate of drug-likeness (QED) is 0.472. The van der Waals surface area contributed by atoms with Crippen LogP contribution in [0.3, 0.4) is 0 Å². The maximum Gasteiger partial charge on any atom is 0.267 e. The second-order valence-corrected chi connectivity index (χ2v) is 7.41. The van der Waals surface area contributed by atoms with Crippen LogP contribution in [-0.2, 0) is 19.5 Å². The predicted octanol–water partition coefficient (Wildman–Crippen LogP) is 3.96. The van der Waals surface area contributed by atoms with E-state index >= 15 is 0 Å². The predicted molar refractivity (Wildman–Crippen MR) is 109 cm³/mol. The summed E-state index contributed by atoms with van der Waals surface area (Å²) >= 11 is 1.68. The first-order chi connectivity index (χ1) is 13.3. The van der Waals surface area contributed by atoms with Crippen molar-refractivity contribution >= 4 is 27.5 Å². The number of carbonyl (C=O) groups excluding carboxylic acids is 1. The summed E-state index contributed by atoms with van der Waals surface area (Å²) in [5, 5.41) is 9.31. The van der Waals surface area contributed by atoms with Gasteiger partial charge < -0.3 is 9.88 Å². The van der Waals surface area contributed by atoms with Gasteiger partial charge in [-0.05, 0) is 42.0 Å². The van der Waals surface area contributed by atoms with E-state index in [9.17, 15) is 4.79 Å². The first-order valence-corrected chi connectivity index (χ1v) is 10.1. The third-order valence-electron chi connectivity index (χ3n) is 4.63. The second-order valence-electron chi connectivity index (χ2n) is 6.47. The molecule has 0 aliphatic carbocycles. The summed E-state index contributed by atoms with van der Waals surface area (Å²) in [5.41, 5.74) is 3.16. The number of hydrogen-bond acceptors (Lipinski definition) is 3. The molecule has 27 heavy (non-hydrogen) atoms. The van der Waals surface area contributed by atoms with Crippen LogP contribution < -0.4 is 5.32 Å². The number of nitrogens with one attached hydrogen (secondary N) is 1. The van der Waals surface area contributed by atoms with Crippen molar-refractivity contribution < 1.29 is 4.79 Å². The second kappa shape index (κ2) is 8.22. The molecular formula is C21H22N4OS. The van der Waals surface area contributed by atoms with Crippen molar-refractivity contribution in [2.45, 2.75) is 25.9 Å². The highest BCUT2D eigenvalue weighted by Crippen LogP contribution is 2.25. The lowest BCUT2D eigenvalue weighted by Crippen LogP contribution is -2.27. The highest BCUT2D eigenvalue weighted by Gasteiger charge is 2.16. The SMILES string of the molecule is O=C(NCCCn1cccn1)c1cc2sccc2n1CCc1ccccc1. The van der Waals surface area contributed by atoms with Gasteiger partial charge in [0.15, 0.2) is 0 Å². The van der Waals surface area contributed by atoms with E-state index in [1.807, 2.05) is 29.1 Å². The maximum absolute atomic E-state index is 12.8. The third kappa shape index (κ3) is 4.11. The zero-order valence-corrected chi connectivity index (χ0v) is 15.9. The summed E-state index contributed by atoms with van der Waals surface area (Å²) in [6, 6.07) is 16.4. The number of carbonyl (C=O) groups is 1. The van der Waals surface area contributed by atoms with Gasteiger partial charge in [-0.25, -0.2) is 0 Å². The fraction of sp³-hybridized carbons (Fsp3) is 0.238. The van der Waals surface area contributed by atoms with Crippen LogP contribution in [0.15, 0.2) is 66.3 Å². The largest absolute Gasteiger partial charge is 0.351 e. The lowest BCUT2D eigenvalue weighted by atomic mass is 10.1. The Morgan fingerprint density at radius 2 is 2.00 bits per heavy atom. The number of aryl methyl sites for hydroxylation is 3. The molecule has 0 bridgehead atoms. The molecule has 3 aromatic heterocycles. The van der Waals surface area contributed by atoms with Gasteiger partial charge in [-0.2, -0.15) is 5.10 Å². The molecular weight excluding hydrogens is 356 g/mol. The number of nitrogens with zero attached hydrogens (tertiary/aromatic N) is 3. The molecule has 0 unspecified atom stereocenters. The van der Waals surface area contributed by atoms with E-state index < -0.39 is 0 Å². The summed E-state index contributed by atoms with van der Waals surface area (Å²) < 4.78 is 5.18. The van der Waals surface area contributed by atoms with Gasteiger partial charge in [-0.15, -0.1) is 11.3 Å². The maximum atomic E-state index is 12.8. The molecule has 4 aromatic rings. The minimum absolute atomic E-state index is 0.00748.